The Labute approximate surface area is 276 Å². The minimum atomic E-state index is -0.716. The summed E-state index contributed by atoms with van der Waals surface area (Å²) in [5, 5.41) is 12.2. The first-order valence-electron chi connectivity index (χ1n) is 15.4. The molecule has 3 aromatic carbocycles. The first-order chi connectivity index (χ1) is 22.7. The molecule has 3 aromatic heterocycles. The maximum absolute atomic E-state index is 13.6. The molecule has 0 saturated heterocycles. The van der Waals surface area contributed by atoms with Crippen molar-refractivity contribution in [1.82, 2.24) is 25.0 Å². The molecule has 47 heavy (non-hydrogen) atoms. The Morgan fingerprint density at radius 1 is 0.936 bits per heavy atom. The lowest BCUT2D eigenvalue weighted by Gasteiger charge is -2.31. The molecule has 0 fully saturated rings. The van der Waals surface area contributed by atoms with Crippen LogP contribution >= 0.6 is 11.3 Å². The minimum Gasteiger partial charge on any atom is -0.455 e. The predicted octanol–water partition coefficient (Wildman–Crippen LogP) is 6.77. The Balaban J connectivity index is 1.17. The van der Waals surface area contributed by atoms with Gasteiger partial charge < -0.3 is 9.64 Å². The number of nitrogens with zero attached hydrogens (tertiary/aromatic N) is 6. The number of hydrogen-bond donors (Lipinski definition) is 1. The van der Waals surface area contributed by atoms with Gasteiger partial charge in [-0.2, -0.15) is 0 Å². The second kappa shape index (κ2) is 12.4. The SMILES string of the molecule is CC(C)(C)OC(=O)c1nc(N2CCc3cccc(C(=O)Nc4nc5ccccc5s4)c3C2)ccc1-c1cn(Cc2ccccc2)nn1. The van der Waals surface area contributed by atoms with Gasteiger partial charge in [-0.3, -0.25) is 10.1 Å². The number of para-hydroxylation sites is 1. The van der Waals surface area contributed by atoms with E-state index in [1.54, 1.807) is 4.68 Å². The number of carbonyl (C=O) groups excluding carboxylic acids is 2. The van der Waals surface area contributed by atoms with E-state index in [9.17, 15) is 9.59 Å². The van der Waals surface area contributed by atoms with E-state index in [1.807, 2.05) is 106 Å². The van der Waals surface area contributed by atoms with Gasteiger partial charge in [0.15, 0.2) is 10.8 Å². The quantitative estimate of drug-likeness (QED) is 0.190. The van der Waals surface area contributed by atoms with Crippen LogP contribution in [-0.4, -0.2) is 49.0 Å². The topological polar surface area (TPSA) is 115 Å². The molecular weight excluding hydrogens is 611 g/mol. The molecule has 236 valence electrons. The summed E-state index contributed by atoms with van der Waals surface area (Å²) in [6.45, 7) is 7.14. The number of hydrogen-bond acceptors (Lipinski definition) is 9. The Bertz CT molecular complexity index is 2070. The van der Waals surface area contributed by atoms with Crippen molar-refractivity contribution < 1.29 is 14.3 Å². The van der Waals surface area contributed by atoms with Gasteiger partial charge in [0.25, 0.3) is 5.91 Å². The number of fused-ring (bicyclic) bond motifs is 2. The average Bonchev–Trinajstić information content (AvgIpc) is 3.70. The number of aromatic nitrogens is 5. The number of ether oxygens (including phenoxy) is 1. The number of nitrogens with one attached hydrogen (secondary N) is 1. The number of anilines is 2. The lowest BCUT2D eigenvalue weighted by atomic mass is 9.94. The van der Waals surface area contributed by atoms with Gasteiger partial charge >= 0.3 is 5.97 Å². The highest BCUT2D eigenvalue weighted by Crippen LogP contribution is 2.31. The van der Waals surface area contributed by atoms with Gasteiger partial charge in [-0.1, -0.05) is 71.1 Å². The second-order valence-corrected chi connectivity index (χ2v) is 13.4. The minimum absolute atomic E-state index is 0.164. The molecule has 11 heteroatoms. The van der Waals surface area contributed by atoms with Crippen molar-refractivity contribution >= 4 is 44.4 Å². The largest absolute Gasteiger partial charge is 0.455 e. The van der Waals surface area contributed by atoms with Gasteiger partial charge in [0.05, 0.1) is 23.0 Å². The van der Waals surface area contributed by atoms with E-state index in [1.165, 1.54) is 11.3 Å². The number of esters is 1. The summed E-state index contributed by atoms with van der Waals surface area (Å²) in [6.07, 6.45) is 2.53. The highest BCUT2D eigenvalue weighted by atomic mass is 32.1. The summed E-state index contributed by atoms with van der Waals surface area (Å²) in [5.41, 5.74) is 5.07. The van der Waals surface area contributed by atoms with Crippen LogP contribution in [0.1, 0.15) is 58.3 Å². The van der Waals surface area contributed by atoms with E-state index in [0.717, 1.165) is 33.3 Å². The smallest absolute Gasteiger partial charge is 0.358 e. The zero-order valence-electron chi connectivity index (χ0n) is 26.3. The molecule has 7 rings (SSSR count). The van der Waals surface area contributed by atoms with E-state index in [4.69, 9.17) is 9.72 Å². The van der Waals surface area contributed by atoms with Crippen molar-refractivity contribution in [3.8, 4) is 11.3 Å². The molecule has 0 unspecified atom stereocenters. The summed E-state index contributed by atoms with van der Waals surface area (Å²) in [7, 11) is 0. The van der Waals surface area contributed by atoms with Crippen LogP contribution in [-0.2, 0) is 24.2 Å². The fraction of sp³-hybridized carbons (Fsp3) is 0.222. The highest BCUT2D eigenvalue weighted by molar-refractivity contribution is 7.22. The molecule has 0 spiro atoms. The van der Waals surface area contributed by atoms with E-state index >= 15 is 0 Å². The molecule has 1 amide bonds. The maximum Gasteiger partial charge on any atom is 0.358 e. The first-order valence-corrected chi connectivity index (χ1v) is 16.2. The van der Waals surface area contributed by atoms with E-state index in [2.05, 4.69) is 31.6 Å². The highest BCUT2D eigenvalue weighted by Gasteiger charge is 2.28. The molecule has 0 radical (unpaired) electrons. The van der Waals surface area contributed by atoms with Crippen LogP contribution in [0.25, 0.3) is 21.5 Å². The Kier molecular flexibility index (Phi) is 7.98. The number of amides is 1. The maximum atomic E-state index is 13.6. The molecule has 1 aliphatic heterocycles. The molecule has 4 heterocycles. The van der Waals surface area contributed by atoms with Crippen LogP contribution in [0.5, 0.6) is 0 Å². The van der Waals surface area contributed by atoms with Crippen molar-refractivity contribution in [2.75, 3.05) is 16.8 Å². The Hall–Kier alpha value is -5.42. The summed E-state index contributed by atoms with van der Waals surface area (Å²) in [5.74, 6) is -0.141. The molecule has 0 atom stereocenters. The number of carbonyl (C=O) groups is 2. The molecule has 0 saturated carbocycles. The Morgan fingerprint density at radius 2 is 1.74 bits per heavy atom. The van der Waals surface area contributed by atoms with E-state index < -0.39 is 11.6 Å². The molecule has 10 nitrogen and oxygen atoms in total. The number of benzene rings is 3. The molecule has 0 bridgehead atoms. The van der Waals surface area contributed by atoms with Gasteiger partial charge in [-0.05, 0) is 74.2 Å². The van der Waals surface area contributed by atoms with Gasteiger partial charge in [-0.15, -0.1) is 5.10 Å². The van der Waals surface area contributed by atoms with Crippen LogP contribution in [0, 0.1) is 0 Å². The van der Waals surface area contributed by atoms with Crippen molar-refractivity contribution in [1.29, 1.82) is 0 Å². The van der Waals surface area contributed by atoms with Crippen LogP contribution in [0.4, 0.5) is 10.9 Å². The van der Waals surface area contributed by atoms with Crippen LogP contribution in [0.2, 0.25) is 0 Å². The number of thiazole rings is 1. The molecular formula is C36H33N7O3S. The van der Waals surface area contributed by atoms with Crippen molar-refractivity contribution in [3.63, 3.8) is 0 Å². The third-order valence-corrected chi connectivity index (χ3v) is 8.78. The zero-order valence-corrected chi connectivity index (χ0v) is 27.1. The molecule has 6 aromatic rings. The van der Waals surface area contributed by atoms with Crippen molar-refractivity contribution in [3.05, 3.63) is 119 Å². The van der Waals surface area contributed by atoms with E-state index in [0.29, 0.717) is 47.4 Å². The predicted molar refractivity (Wildman–Crippen MR) is 183 cm³/mol. The molecule has 1 aliphatic rings. The summed E-state index contributed by atoms with van der Waals surface area (Å²) < 4.78 is 8.53. The standard InChI is InChI=1S/C36H33N7O3S/c1-36(2,3)46-34(45)32-26(29-22-43(41-40-29)20-23-10-5-4-6-11-23)16-17-31(38-32)42-19-18-24-12-9-13-25(27(24)21-42)33(44)39-35-37-28-14-7-8-15-30(28)47-35/h4-17,22H,18-21H2,1-3H3,(H,37,39,44). The van der Waals surface area contributed by atoms with Gasteiger partial charge in [0.2, 0.25) is 0 Å². The molecule has 1 N–H and O–H groups in total. The summed E-state index contributed by atoms with van der Waals surface area (Å²) in [4.78, 5) is 38.6. The van der Waals surface area contributed by atoms with Crippen molar-refractivity contribution in [2.24, 2.45) is 0 Å². The lowest BCUT2D eigenvalue weighted by molar-refractivity contribution is 0.00637. The third kappa shape index (κ3) is 6.61. The van der Waals surface area contributed by atoms with Gasteiger partial charge in [-0.25, -0.2) is 19.4 Å². The van der Waals surface area contributed by atoms with Crippen molar-refractivity contribution in [2.45, 2.75) is 45.9 Å². The lowest BCUT2D eigenvalue weighted by Crippen LogP contribution is -2.33. The van der Waals surface area contributed by atoms with E-state index in [-0.39, 0.29) is 11.6 Å². The first kappa shape index (κ1) is 30.2. The van der Waals surface area contributed by atoms with Gasteiger partial charge in [0.1, 0.15) is 17.1 Å². The average molecular weight is 644 g/mol. The van der Waals surface area contributed by atoms with Crippen LogP contribution in [0.15, 0.2) is 91.1 Å². The molecule has 0 aliphatic carbocycles. The monoisotopic (exact) mass is 643 g/mol. The normalized spacial score (nSPS) is 13.0. The zero-order chi connectivity index (χ0) is 32.5. The fourth-order valence-corrected chi connectivity index (χ4v) is 6.52. The third-order valence-electron chi connectivity index (χ3n) is 7.83. The second-order valence-electron chi connectivity index (χ2n) is 12.4. The fourth-order valence-electron chi connectivity index (χ4n) is 5.66. The number of rotatable bonds is 7. The summed E-state index contributed by atoms with van der Waals surface area (Å²) in [6, 6.07) is 27.3. The van der Waals surface area contributed by atoms with Crippen LogP contribution < -0.4 is 10.2 Å². The van der Waals surface area contributed by atoms with Gasteiger partial charge in [0, 0.05) is 24.2 Å². The summed E-state index contributed by atoms with van der Waals surface area (Å²) >= 11 is 1.45. The Morgan fingerprint density at radius 3 is 2.55 bits per heavy atom. The number of pyridine rings is 1. The van der Waals surface area contributed by atoms with Crippen LogP contribution in [0.3, 0.4) is 0 Å².